The van der Waals surface area contributed by atoms with Gasteiger partial charge >= 0.3 is 0 Å². The largest absolute Gasteiger partial charge is 0.508 e. The first kappa shape index (κ1) is 11.5. The number of phenolic OH excluding ortho intramolecular Hbond substituents is 1. The van der Waals surface area contributed by atoms with Crippen LogP contribution >= 0.6 is 0 Å². The fraction of sp³-hybridized carbons (Fsp3) is 0.0667. The summed E-state index contributed by atoms with van der Waals surface area (Å²) >= 11 is 0. The number of aromatic nitrogens is 2. The number of imidazole rings is 1. The number of fused-ring (bicyclic) bond motifs is 1. The summed E-state index contributed by atoms with van der Waals surface area (Å²) in [5, 5.41) is 9.43. The normalized spacial score (nSPS) is 10.7. The van der Waals surface area contributed by atoms with Crippen molar-refractivity contribution in [3.8, 4) is 5.75 Å². The van der Waals surface area contributed by atoms with Crippen LogP contribution in [0.15, 0.2) is 48.8 Å². The molecule has 4 heteroatoms. The zero-order valence-corrected chi connectivity index (χ0v) is 10.2. The number of benzene rings is 1. The van der Waals surface area contributed by atoms with Crippen LogP contribution in [0.1, 0.15) is 21.6 Å². The minimum Gasteiger partial charge on any atom is -0.508 e. The molecule has 94 valence electrons. The summed E-state index contributed by atoms with van der Waals surface area (Å²) in [5.41, 5.74) is 3.26. The molecule has 0 radical (unpaired) electrons. The van der Waals surface area contributed by atoms with E-state index in [0.717, 1.165) is 23.2 Å². The van der Waals surface area contributed by atoms with Crippen molar-refractivity contribution in [3.63, 3.8) is 0 Å². The van der Waals surface area contributed by atoms with Crippen LogP contribution in [0.2, 0.25) is 0 Å². The number of aromatic hydroxyl groups is 1. The Morgan fingerprint density at radius 3 is 2.95 bits per heavy atom. The van der Waals surface area contributed by atoms with Gasteiger partial charge in [-0.25, -0.2) is 4.98 Å². The molecule has 0 saturated carbocycles. The van der Waals surface area contributed by atoms with E-state index in [1.54, 1.807) is 24.3 Å². The summed E-state index contributed by atoms with van der Waals surface area (Å²) in [4.78, 5) is 15.2. The van der Waals surface area contributed by atoms with Gasteiger partial charge in [0, 0.05) is 24.4 Å². The highest BCUT2D eigenvalue weighted by Crippen LogP contribution is 2.15. The molecule has 0 aliphatic rings. The van der Waals surface area contributed by atoms with E-state index in [9.17, 15) is 9.90 Å². The van der Waals surface area contributed by atoms with Crippen molar-refractivity contribution >= 4 is 11.9 Å². The Bertz CT molecular complexity index is 747. The van der Waals surface area contributed by atoms with E-state index in [4.69, 9.17) is 0 Å². The van der Waals surface area contributed by atoms with E-state index >= 15 is 0 Å². The van der Waals surface area contributed by atoms with Crippen molar-refractivity contribution < 1.29 is 9.90 Å². The predicted molar refractivity (Wildman–Crippen MR) is 71.5 cm³/mol. The quantitative estimate of drug-likeness (QED) is 0.728. The van der Waals surface area contributed by atoms with Crippen molar-refractivity contribution in [2.45, 2.75) is 6.42 Å². The molecule has 1 aromatic carbocycles. The molecule has 0 aliphatic heterocycles. The topological polar surface area (TPSA) is 54.6 Å². The Balaban J connectivity index is 1.95. The van der Waals surface area contributed by atoms with E-state index in [2.05, 4.69) is 4.98 Å². The monoisotopic (exact) mass is 252 g/mol. The summed E-state index contributed by atoms with van der Waals surface area (Å²) in [6.07, 6.45) is 5.20. The molecule has 0 amide bonds. The van der Waals surface area contributed by atoms with Crippen LogP contribution in [0.25, 0.3) is 5.65 Å². The molecule has 0 fully saturated rings. The number of nitrogens with zero attached hydrogens (tertiary/aromatic N) is 2. The number of hydrogen-bond acceptors (Lipinski definition) is 3. The highest BCUT2D eigenvalue weighted by Gasteiger charge is 2.04. The van der Waals surface area contributed by atoms with E-state index in [0.29, 0.717) is 12.0 Å². The van der Waals surface area contributed by atoms with E-state index in [-0.39, 0.29) is 5.75 Å². The van der Waals surface area contributed by atoms with Crippen molar-refractivity contribution in [1.82, 2.24) is 9.38 Å². The van der Waals surface area contributed by atoms with E-state index < -0.39 is 0 Å². The number of carbonyl (C=O) groups is 1. The molecule has 0 bridgehead atoms. The lowest BCUT2D eigenvalue weighted by molar-refractivity contribution is 0.112. The van der Waals surface area contributed by atoms with Crippen molar-refractivity contribution in [3.05, 3.63) is 65.6 Å². The SMILES string of the molecule is O=Cc1ccn2cc(Cc3cccc(O)c3)nc2c1. The van der Waals surface area contributed by atoms with Crippen LogP contribution < -0.4 is 0 Å². The zero-order chi connectivity index (χ0) is 13.2. The maximum absolute atomic E-state index is 10.7. The zero-order valence-electron chi connectivity index (χ0n) is 10.2. The highest BCUT2D eigenvalue weighted by atomic mass is 16.3. The van der Waals surface area contributed by atoms with Gasteiger partial charge in [0.15, 0.2) is 0 Å². The molecule has 19 heavy (non-hydrogen) atoms. The van der Waals surface area contributed by atoms with Crippen LogP contribution in [0.5, 0.6) is 5.75 Å². The number of carbonyl (C=O) groups excluding carboxylic acids is 1. The molecule has 0 saturated heterocycles. The van der Waals surface area contributed by atoms with Crippen LogP contribution in [0.4, 0.5) is 0 Å². The molecular formula is C15H12N2O2. The lowest BCUT2D eigenvalue weighted by Gasteiger charge is -1.98. The second-order valence-corrected chi connectivity index (χ2v) is 4.42. The van der Waals surface area contributed by atoms with E-state index in [1.165, 1.54) is 0 Å². The Morgan fingerprint density at radius 1 is 1.26 bits per heavy atom. The highest BCUT2D eigenvalue weighted by molar-refractivity contribution is 5.76. The third kappa shape index (κ3) is 2.33. The van der Waals surface area contributed by atoms with Crippen LogP contribution in [-0.4, -0.2) is 20.8 Å². The Hall–Kier alpha value is -2.62. The minimum atomic E-state index is 0.254. The second-order valence-electron chi connectivity index (χ2n) is 4.42. The van der Waals surface area contributed by atoms with Gasteiger partial charge in [-0.3, -0.25) is 4.79 Å². The van der Waals surface area contributed by atoms with Gasteiger partial charge in [-0.15, -0.1) is 0 Å². The molecule has 2 heterocycles. The van der Waals surface area contributed by atoms with Gasteiger partial charge in [0.1, 0.15) is 17.7 Å². The molecule has 3 aromatic rings. The van der Waals surface area contributed by atoms with Crippen LogP contribution in [0, 0.1) is 0 Å². The summed E-state index contributed by atoms with van der Waals surface area (Å²) < 4.78 is 1.88. The Labute approximate surface area is 110 Å². The van der Waals surface area contributed by atoms with E-state index in [1.807, 2.05) is 28.9 Å². The standard InChI is InChI=1S/C15H12N2O2/c18-10-12-4-5-17-9-13(16-15(17)8-12)6-11-2-1-3-14(19)7-11/h1-5,7-10,19H,6H2. The summed E-state index contributed by atoms with van der Waals surface area (Å²) in [5.74, 6) is 0.254. The van der Waals surface area contributed by atoms with Crippen LogP contribution in [-0.2, 0) is 6.42 Å². The van der Waals surface area contributed by atoms with Gasteiger partial charge in [-0.1, -0.05) is 12.1 Å². The second kappa shape index (κ2) is 4.57. The molecular weight excluding hydrogens is 240 g/mol. The average Bonchev–Trinajstić information content (AvgIpc) is 2.79. The summed E-state index contributed by atoms with van der Waals surface area (Å²) in [6, 6.07) is 10.6. The maximum atomic E-state index is 10.7. The summed E-state index contributed by atoms with van der Waals surface area (Å²) in [6.45, 7) is 0. The number of rotatable bonds is 3. The Morgan fingerprint density at radius 2 is 2.16 bits per heavy atom. The molecule has 3 rings (SSSR count). The first-order valence-corrected chi connectivity index (χ1v) is 5.95. The van der Waals surface area contributed by atoms with Gasteiger partial charge in [-0.2, -0.15) is 0 Å². The maximum Gasteiger partial charge on any atom is 0.150 e. The number of hydrogen-bond donors (Lipinski definition) is 1. The smallest absolute Gasteiger partial charge is 0.150 e. The molecule has 0 unspecified atom stereocenters. The van der Waals surface area contributed by atoms with Gasteiger partial charge in [-0.05, 0) is 29.8 Å². The predicted octanol–water partition coefficient (Wildman–Crippen LogP) is 2.44. The first-order chi connectivity index (χ1) is 9.24. The third-order valence-corrected chi connectivity index (χ3v) is 2.97. The number of phenols is 1. The minimum absolute atomic E-state index is 0.254. The fourth-order valence-corrected chi connectivity index (χ4v) is 2.08. The molecule has 2 aromatic heterocycles. The third-order valence-electron chi connectivity index (χ3n) is 2.97. The molecule has 1 N–H and O–H groups in total. The average molecular weight is 252 g/mol. The molecule has 0 atom stereocenters. The summed E-state index contributed by atoms with van der Waals surface area (Å²) in [7, 11) is 0. The van der Waals surface area contributed by atoms with Crippen LogP contribution in [0.3, 0.4) is 0 Å². The first-order valence-electron chi connectivity index (χ1n) is 5.95. The van der Waals surface area contributed by atoms with Gasteiger partial charge < -0.3 is 9.51 Å². The van der Waals surface area contributed by atoms with Crippen molar-refractivity contribution in [1.29, 1.82) is 0 Å². The van der Waals surface area contributed by atoms with Crippen molar-refractivity contribution in [2.75, 3.05) is 0 Å². The Kier molecular flexibility index (Phi) is 2.76. The fourth-order valence-electron chi connectivity index (χ4n) is 2.08. The van der Waals surface area contributed by atoms with Gasteiger partial charge in [0.2, 0.25) is 0 Å². The lowest BCUT2D eigenvalue weighted by Crippen LogP contribution is -1.87. The molecule has 0 aliphatic carbocycles. The number of pyridine rings is 1. The molecule has 4 nitrogen and oxygen atoms in total. The molecule has 0 spiro atoms. The van der Waals surface area contributed by atoms with Gasteiger partial charge in [0.05, 0.1) is 5.69 Å². The number of aldehydes is 1. The lowest BCUT2D eigenvalue weighted by atomic mass is 10.1. The van der Waals surface area contributed by atoms with Crippen molar-refractivity contribution in [2.24, 2.45) is 0 Å². The van der Waals surface area contributed by atoms with Gasteiger partial charge in [0.25, 0.3) is 0 Å².